The molecule has 1 fully saturated rings. The van der Waals surface area contributed by atoms with Crippen LogP contribution in [-0.4, -0.2) is 21.0 Å². The van der Waals surface area contributed by atoms with Gasteiger partial charge in [0.25, 0.3) is 0 Å². The SMILES string of the molecule is CCNCc1cc(F)c(C)c(S(=O)(=O)NC2CCCC2)c1. The topological polar surface area (TPSA) is 58.2 Å². The number of hydrogen-bond acceptors (Lipinski definition) is 3. The van der Waals surface area contributed by atoms with E-state index in [1.54, 1.807) is 6.07 Å². The van der Waals surface area contributed by atoms with Gasteiger partial charge in [0.2, 0.25) is 10.0 Å². The van der Waals surface area contributed by atoms with Crippen molar-refractivity contribution in [2.75, 3.05) is 6.54 Å². The maximum Gasteiger partial charge on any atom is 0.241 e. The third-order valence-electron chi connectivity index (χ3n) is 3.90. The van der Waals surface area contributed by atoms with Gasteiger partial charge in [0.05, 0.1) is 4.90 Å². The first-order valence-electron chi connectivity index (χ1n) is 7.46. The van der Waals surface area contributed by atoms with E-state index < -0.39 is 15.8 Å². The molecule has 1 saturated carbocycles. The summed E-state index contributed by atoms with van der Waals surface area (Å²) in [4.78, 5) is 0.0577. The maximum absolute atomic E-state index is 14.0. The van der Waals surface area contributed by atoms with Gasteiger partial charge in [-0.2, -0.15) is 0 Å². The van der Waals surface area contributed by atoms with Crippen LogP contribution in [0.5, 0.6) is 0 Å². The fourth-order valence-electron chi connectivity index (χ4n) is 2.68. The predicted octanol–water partition coefficient (Wildman–Crippen LogP) is 2.46. The second-order valence-electron chi connectivity index (χ2n) is 5.58. The molecule has 0 heterocycles. The lowest BCUT2D eigenvalue weighted by Crippen LogP contribution is -2.33. The van der Waals surface area contributed by atoms with Gasteiger partial charge < -0.3 is 5.32 Å². The van der Waals surface area contributed by atoms with Crippen molar-refractivity contribution < 1.29 is 12.8 Å². The lowest BCUT2D eigenvalue weighted by Gasteiger charge is -2.16. The van der Waals surface area contributed by atoms with Crippen molar-refractivity contribution in [1.82, 2.24) is 10.0 Å². The Morgan fingerprint density at radius 2 is 1.95 bits per heavy atom. The predicted molar refractivity (Wildman–Crippen MR) is 81.1 cm³/mol. The molecule has 1 aromatic carbocycles. The van der Waals surface area contributed by atoms with Crippen molar-refractivity contribution in [3.63, 3.8) is 0 Å². The number of rotatable bonds is 6. The fourth-order valence-corrected chi connectivity index (χ4v) is 4.29. The van der Waals surface area contributed by atoms with Crippen LogP contribution < -0.4 is 10.0 Å². The molecule has 1 aromatic rings. The summed E-state index contributed by atoms with van der Waals surface area (Å²) in [5.41, 5.74) is 0.826. The average molecular weight is 314 g/mol. The largest absolute Gasteiger partial charge is 0.313 e. The molecule has 21 heavy (non-hydrogen) atoms. The number of sulfonamides is 1. The third-order valence-corrected chi connectivity index (χ3v) is 5.55. The van der Waals surface area contributed by atoms with Crippen molar-refractivity contribution in [1.29, 1.82) is 0 Å². The zero-order chi connectivity index (χ0) is 15.5. The molecule has 4 nitrogen and oxygen atoms in total. The van der Waals surface area contributed by atoms with Crippen LogP contribution in [0.15, 0.2) is 17.0 Å². The monoisotopic (exact) mass is 314 g/mol. The van der Waals surface area contributed by atoms with Gasteiger partial charge in [-0.15, -0.1) is 0 Å². The standard InChI is InChI=1S/C15H23FN2O2S/c1-3-17-10-12-8-14(16)11(2)15(9-12)21(19,20)18-13-6-4-5-7-13/h8-9,13,17-18H,3-7,10H2,1-2H3. The van der Waals surface area contributed by atoms with Crippen LogP contribution in [0.3, 0.4) is 0 Å². The zero-order valence-electron chi connectivity index (χ0n) is 12.6. The van der Waals surface area contributed by atoms with Crippen molar-refractivity contribution in [2.45, 2.75) is 57.0 Å². The lowest BCUT2D eigenvalue weighted by molar-refractivity contribution is 0.547. The van der Waals surface area contributed by atoms with Crippen LogP contribution in [0.2, 0.25) is 0 Å². The second kappa shape index (κ2) is 6.85. The quantitative estimate of drug-likeness (QED) is 0.848. The van der Waals surface area contributed by atoms with E-state index in [2.05, 4.69) is 10.0 Å². The summed E-state index contributed by atoms with van der Waals surface area (Å²) >= 11 is 0. The Morgan fingerprint density at radius 3 is 2.57 bits per heavy atom. The molecule has 0 aromatic heterocycles. The summed E-state index contributed by atoms with van der Waals surface area (Å²) in [6, 6.07) is 2.94. The molecule has 118 valence electrons. The molecule has 0 amide bonds. The second-order valence-corrected chi connectivity index (χ2v) is 7.27. The van der Waals surface area contributed by atoms with Crippen molar-refractivity contribution in [3.05, 3.63) is 29.1 Å². The van der Waals surface area contributed by atoms with Gasteiger partial charge in [-0.1, -0.05) is 19.8 Å². The van der Waals surface area contributed by atoms with Crippen LogP contribution in [0.1, 0.15) is 43.7 Å². The van der Waals surface area contributed by atoms with Crippen LogP contribution in [0, 0.1) is 12.7 Å². The van der Waals surface area contributed by atoms with E-state index in [1.807, 2.05) is 6.92 Å². The van der Waals surface area contributed by atoms with Crippen molar-refractivity contribution in [2.24, 2.45) is 0 Å². The Bertz CT molecular complexity index is 596. The summed E-state index contributed by atoms with van der Waals surface area (Å²) in [6.45, 7) is 4.66. The van der Waals surface area contributed by atoms with E-state index >= 15 is 0 Å². The van der Waals surface area contributed by atoms with Gasteiger partial charge in [0.15, 0.2) is 0 Å². The number of halogens is 1. The highest BCUT2D eigenvalue weighted by Crippen LogP contribution is 2.24. The first-order chi connectivity index (χ1) is 9.94. The van der Waals surface area contributed by atoms with E-state index in [-0.39, 0.29) is 16.5 Å². The van der Waals surface area contributed by atoms with E-state index in [1.165, 1.54) is 13.0 Å². The van der Waals surface area contributed by atoms with Gasteiger partial charge >= 0.3 is 0 Å². The first kappa shape index (κ1) is 16.4. The van der Waals surface area contributed by atoms with Crippen LogP contribution in [-0.2, 0) is 16.6 Å². The molecular formula is C15H23FN2O2S. The summed E-state index contributed by atoms with van der Waals surface area (Å²) in [7, 11) is -3.66. The maximum atomic E-state index is 14.0. The molecule has 2 rings (SSSR count). The molecule has 1 aliphatic carbocycles. The van der Waals surface area contributed by atoms with E-state index in [9.17, 15) is 12.8 Å². The molecule has 0 saturated heterocycles. The lowest BCUT2D eigenvalue weighted by atomic mass is 10.1. The van der Waals surface area contributed by atoms with Crippen LogP contribution in [0.25, 0.3) is 0 Å². The minimum absolute atomic E-state index is 0.0186. The average Bonchev–Trinajstić information content (AvgIpc) is 2.91. The highest BCUT2D eigenvalue weighted by molar-refractivity contribution is 7.89. The summed E-state index contributed by atoms with van der Waals surface area (Å²) < 4.78 is 41.7. The normalized spacial score (nSPS) is 16.5. The van der Waals surface area contributed by atoms with Gasteiger partial charge in [0.1, 0.15) is 5.82 Å². The Balaban J connectivity index is 2.29. The minimum atomic E-state index is -3.66. The minimum Gasteiger partial charge on any atom is -0.313 e. The molecule has 2 N–H and O–H groups in total. The Kier molecular flexibility index (Phi) is 5.35. The van der Waals surface area contributed by atoms with E-state index in [0.29, 0.717) is 12.1 Å². The van der Waals surface area contributed by atoms with E-state index in [4.69, 9.17) is 0 Å². The summed E-state index contributed by atoms with van der Waals surface area (Å²) in [5, 5.41) is 3.08. The molecule has 1 aliphatic rings. The molecule has 0 radical (unpaired) electrons. The molecule has 0 spiro atoms. The van der Waals surface area contributed by atoms with Gasteiger partial charge in [-0.25, -0.2) is 17.5 Å². The molecular weight excluding hydrogens is 291 g/mol. The number of nitrogens with one attached hydrogen (secondary N) is 2. The van der Waals surface area contributed by atoms with Gasteiger partial charge in [0, 0.05) is 18.2 Å². The third kappa shape index (κ3) is 4.02. The molecule has 0 atom stereocenters. The van der Waals surface area contributed by atoms with Gasteiger partial charge in [-0.05, 0) is 44.0 Å². The molecule has 6 heteroatoms. The fraction of sp³-hybridized carbons (Fsp3) is 0.600. The summed E-state index contributed by atoms with van der Waals surface area (Å²) in [5.74, 6) is -0.475. The van der Waals surface area contributed by atoms with Crippen LogP contribution in [0.4, 0.5) is 4.39 Å². The smallest absolute Gasteiger partial charge is 0.241 e. The van der Waals surface area contributed by atoms with Crippen LogP contribution >= 0.6 is 0 Å². The van der Waals surface area contributed by atoms with Crippen molar-refractivity contribution in [3.8, 4) is 0 Å². The highest BCUT2D eigenvalue weighted by atomic mass is 32.2. The zero-order valence-corrected chi connectivity index (χ0v) is 13.4. The highest BCUT2D eigenvalue weighted by Gasteiger charge is 2.25. The summed E-state index contributed by atoms with van der Waals surface area (Å²) in [6.07, 6.45) is 3.80. The Morgan fingerprint density at radius 1 is 1.29 bits per heavy atom. The number of hydrogen-bond donors (Lipinski definition) is 2. The Labute approximate surface area is 126 Å². The first-order valence-corrected chi connectivity index (χ1v) is 8.94. The molecule has 0 unspecified atom stereocenters. The molecule has 0 aliphatic heterocycles. The van der Waals surface area contributed by atoms with Gasteiger partial charge in [-0.3, -0.25) is 0 Å². The van der Waals surface area contributed by atoms with E-state index in [0.717, 1.165) is 32.2 Å². The number of benzene rings is 1. The molecule has 0 bridgehead atoms. The van der Waals surface area contributed by atoms with Crippen molar-refractivity contribution >= 4 is 10.0 Å². The Hall–Kier alpha value is -0.980.